The fourth-order valence-electron chi connectivity index (χ4n) is 0.758. The van der Waals surface area contributed by atoms with Gasteiger partial charge in [0.05, 0.1) is 0 Å². The van der Waals surface area contributed by atoms with Crippen molar-refractivity contribution in [2.75, 3.05) is 19.0 Å². The second kappa shape index (κ2) is 4.99. The van der Waals surface area contributed by atoms with Gasteiger partial charge < -0.3 is 10.1 Å². The molecule has 0 radical (unpaired) electrons. The molecule has 1 aromatic rings. The Morgan fingerprint density at radius 3 is 3.23 bits per heavy atom. The number of ether oxygens (including phenoxy) is 1. The summed E-state index contributed by atoms with van der Waals surface area (Å²) in [5.74, 6) is 3.56. The van der Waals surface area contributed by atoms with Gasteiger partial charge in [0.15, 0.2) is 0 Å². The van der Waals surface area contributed by atoms with Gasteiger partial charge in [-0.3, -0.25) is 0 Å². The van der Waals surface area contributed by atoms with Crippen molar-refractivity contribution in [2.24, 2.45) is 0 Å². The number of hydrogen-bond donors (Lipinski definition) is 1. The van der Waals surface area contributed by atoms with Crippen LogP contribution in [0.15, 0.2) is 12.3 Å². The van der Waals surface area contributed by atoms with E-state index in [4.69, 9.17) is 11.2 Å². The van der Waals surface area contributed by atoms with Gasteiger partial charge in [-0.2, -0.15) is 4.98 Å². The van der Waals surface area contributed by atoms with Crippen molar-refractivity contribution in [3.63, 3.8) is 0 Å². The van der Waals surface area contributed by atoms with Gasteiger partial charge in [-0.25, -0.2) is 4.98 Å². The number of hydrogen-bond acceptors (Lipinski definition) is 4. The van der Waals surface area contributed by atoms with Crippen LogP contribution in [0.3, 0.4) is 0 Å². The molecule has 1 aromatic heterocycles. The normalized spacial score (nSPS) is 8.92. The zero-order chi connectivity index (χ0) is 9.52. The van der Waals surface area contributed by atoms with E-state index in [1.54, 1.807) is 19.3 Å². The first-order chi connectivity index (χ1) is 6.36. The molecular weight excluding hydrogens is 166 g/mol. The molecule has 0 saturated carbocycles. The van der Waals surface area contributed by atoms with E-state index in [1.165, 1.54) is 0 Å². The van der Waals surface area contributed by atoms with Crippen LogP contribution >= 0.6 is 0 Å². The van der Waals surface area contributed by atoms with Crippen molar-refractivity contribution in [3.05, 3.63) is 12.3 Å². The number of nitrogens with one attached hydrogen (secondary N) is 1. The van der Waals surface area contributed by atoms with Gasteiger partial charge in [0.2, 0.25) is 11.8 Å². The number of anilines is 1. The number of nitrogens with zero attached hydrogens (tertiary/aromatic N) is 2. The molecule has 1 N–H and O–H groups in total. The maximum Gasteiger partial charge on any atom is 0.225 e. The molecule has 0 atom stereocenters. The van der Waals surface area contributed by atoms with E-state index in [2.05, 4.69) is 21.2 Å². The summed E-state index contributed by atoms with van der Waals surface area (Å²) < 4.78 is 5.26. The molecule has 1 rings (SSSR count). The molecule has 13 heavy (non-hydrogen) atoms. The number of terminal acetylenes is 1. The molecular formula is C9H11N3O. The highest BCUT2D eigenvalue weighted by Gasteiger charge is 1.96. The fraction of sp³-hybridized carbons (Fsp3) is 0.333. The second-order valence-electron chi connectivity index (χ2n) is 2.27. The molecule has 0 saturated heterocycles. The lowest BCUT2D eigenvalue weighted by Crippen LogP contribution is -2.01. The maximum absolute atomic E-state index is 5.26. The van der Waals surface area contributed by atoms with Crippen molar-refractivity contribution < 1.29 is 4.74 Å². The molecule has 4 nitrogen and oxygen atoms in total. The molecule has 0 aliphatic carbocycles. The third kappa shape index (κ3) is 2.99. The molecule has 0 unspecified atom stereocenters. The molecule has 4 heteroatoms. The van der Waals surface area contributed by atoms with Gasteiger partial charge in [-0.05, 0) is 0 Å². The van der Waals surface area contributed by atoms with Gasteiger partial charge in [0.1, 0.15) is 6.61 Å². The monoisotopic (exact) mass is 177 g/mol. The van der Waals surface area contributed by atoms with Gasteiger partial charge >= 0.3 is 0 Å². The van der Waals surface area contributed by atoms with Crippen molar-refractivity contribution in [1.29, 1.82) is 0 Å². The molecule has 0 spiro atoms. The highest BCUT2D eigenvalue weighted by molar-refractivity contribution is 5.25. The van der Waals surface area contributed by atoms with Crippen molar-refractivity contribution in [1.82, 2.24) is 9.97 Å². The minimum absolute atomic E-state index is 0.483. The van der Waals surface area contributed by atoms with Crippen molar-refractivity contribution in [2.45, 2.75) is 6.42 Å². The summed E-state index contributed by atoms with van der Waals surface area (Å²) in [6.07, 6.45) is 7.28. The summed E-state index contributed by atoms with van der Waals surface area (Å²) in [6.45, 7) is 0.483. The fourth-order valence-corrected chi connectivity index (χ4v) is 0.758. The highest BCUT2D eigenvalue weighted by Crippen LogP contribution is 2.07. The highest BCUT2D eigenvalue weighted by atomic mass is 16.5. The first-order valence-electron chi connectivity index (χ1n) is 3.94. The van der Waals surface area contributed by atoms with Crippen LogP contribution in [0.4, 0.5) is 5.95 Å². The van der Waals surface area contributed by atoms with Crippen LogP contribution in [0.2, 0.25) is 0 Å². The lowest BCUT2D eigenvalue weighted by atomic mass is 10.5. The summed E-state index contributed by atoms with van der Waals surface area (Å²) in [5, 5.41) is 2.82. The zero-order valence-electron chi connectivity index (χ0n) is 7.45. The van der Waals surface area contributed by atoms with E-state index < -0.39 is 0 Å². The Morgan fingerprint density at radius 2 is 2.54 bits per heavy atom. The summed E-state index contributed by atoms with van der Waals surface area (Å²) >= 11 is 0. The summed E-state index contributed by atoms with van der Waals surface area (Å²) in [6, 6.07) is 1.69. The Labute approximate surface area is 77.4 Å². The van der Waals surface area contributed by atoms with Crippen LogP contribution in [0, 0.1) is 12.3 Å². The smallest absolute Gasteiger partial charge is 0.225 e. The summed E-state index contributed by atoms with van der Waals surface area (Å²) in [4.78, 5) is 7.99. The Balaban J connectivity index is 2.52. The number of rotatable bonds is 4. The van der Waals surface area contributed by atoms with Crippen molar-refractivity contribution in [3.8, 4) is 18.2 Å². The first kappa shape index (κ1) is 9.33. The van der Waals surface area contributed by atoms with E-state index in [9.17, 15) is 0 Å². The third-order valence-electron chi connectivity index (χ3n) is 1.35. The van der Waals surface area contributed by atoms with E-state index in [0.717, 1.165) is 0 Å². The predicted octanol–water partition coefficient (Wildman–Crippen LogP) is 0.920. The van der Waals surface area contributed by atoms with E-state index >= 15 is 0 Å². The van der Waals surface area contributed by atoms with Crippen LogP contribution in [0.1, 0.15) is 6.42 Å². The molecule has 1 heterocycles. The summed E-state index contributed by atoms with van der Waals surface area (Å²) in [5.41, 5.74) is 0. The van der Waals surface area contributed by atoms with E-state index in [1.807, 2.05) is 0 Å². The topological polar surface area (TPSA) is 47.0 Å². The third-order valence-corrected chi connectivity index (χ3v) is 1.35. The molecule has 0 fully saturated rings. The van der Waals surface area contributed by atoms with Gasteiger partial charge in [-0.1, -0.05) is 0 Å². The molecule has 0 amide bonds. The Kier molecular flexibility index (Phi) is 3.58. The quantitative estimate of drug-likeness (QED) is 0.548. The second-order valence-corrected chi connectivity index (χ2v) is 2.27. The van der Waals surface area contributed by atoms with Gasteiger partial charge in [-0.15, -0.1) is 12.3 Å². The summed E-state index contributed by atoms with van der Waals surface area (Å²) in [7, 11) is 1.75. The molecule has 0 aliphatic heterocycles. The number of aromatic nitrogens is 2. The van der Waals surface area contributed by atoms with Crippen molar-refractivity contribution >= 4 is 5.95 Å². The van der Waals surface area contributed by atoms with Crippen LogP contribution in [-0.2, 0) is 0 Å². The van der Waals surface area contributed by atoms with Crippen LogP contribution in [0.5, 0.6) is 5.88 Å². The van der Waals surface area contributed by atoms with E-state index in [0.29, 0.717) is 24.9 Å². The molecule has 0 aromatic carbocycles. The Hall–Kier alpha value is -1.76. The maximum atomic E-state index is 5.26. The minimum Gasteiger partial charge on any atom is -0.477 e. The largest absolute Gasteiger partial charge is 0.477 e. The molecule has 68 valence electrons. The standard InChI is InChI=1S/C9H11N3O/c1-3-4-7-13-8-5-6-11-9(10-2)12-8/h1,5-6H,4,7H2,2H3,(H,10,11,12). The Morgan fingerprint density at radius 1 is 1.69 bits per heavy atom. The first-order valence-corrected chi connectivity index (χ1v) is 3.94. The van der Waals surface area contributed by atoms with Crippen LogP contribution in [-0.4, -0.2) is 23.6 Å². The van der Waals surface area contributed by atoms with Crippen LogP contribution < -0.4 is 10.1 Å². The molecule has 0 aliphatic rings. The Bertz CT molecular complexity index is 306. The van der Waals surface area contributed by atoms with E-state index in [-0.39, 0.29) is 0 Å². The average Bonchev–Trinajstić information content (AvgIpc) is 2.19. The zero-order valence-corrected chi connectivity index (χ0v) is 7.45. The average molecular weight is 177 g/mol. The molecule has 0 bridgehead atoms. The van der Waals surface area contributed by atoms with Gasteiger partial charge in [0.25, 0.3) is 0 Å². The van der Waals surface area contributed by atoms with Crippen LogP contribution in [0.25, 0.3) is 0 Å². The minimum atomic E-state index is 0.483. The lowest BCUT2D eigenvalue weighted by molar-refractivity contribution is 0.314. The lowest BCUT2D eigenvalue weighted by Gasteiger charge is -2.03. The predicted molar refractivity (Wildman–Crippen MR) is 50.5 cm³/mol. The SMILES string of the molecule is C#CCCOc1ccnc(NC)n1. The van der Waals surface area contributed by atoms with Gasteiger partial charge in [0, 0.05) is 25.7 Å².